The van der Waals surface area contributed by atoms with Crippen LogP contribution >= 0.6 is 22.7 Å². The van der Waals surface area contributed by atoms with Crippen LogP contribution in [0.2, 0.25) is 0 Å². The summed E-state index contributed by atoms with van der Waals surface area (Å²) < 4.78 is 24.2. The molecule has 218 valence electrons. The van der Waals surface area contributed by atoms with E-state index >= 15 is 0 Å². The highest BCUT2D eigenvalue weighted by Gasteiger charge is 2.35. The fourth-order valence-corrected chi connectivity index (χ4v) is 7.44. The Labute approximate surface area is 260 Å². The van der Waals surface area contributed by atoms with Gasteiger partial charge in [0.25, 0.3) is 5.56 Å². The average molecular weight is 620 g/mol. The molecule has 0 fully saturated rings. The highest BCUT2D eigenvalue weighted by Crippen LogP contribution is 2.37. The molecular formula is C35H26FN3O3S2. The number of ether oxygens (including phenoxy) is 1. The van der Waals surface area contributed by atoms with Crippen molar-refractivity contribution in [2.24, 2.45) is 4.99 Å². The molecule has 44 heavy (non-hydrogen) atoms. The van der Waals surface area contributed by atoms with Crippen molar-refractivity contribution in [1.29, 1.82) is 0 Å². The Kier molecular flexibility index (Phi) is 7.41. The molecule has 1 unspecified atom stereocenters. The van der Waals surface area contributed by atoms with Crippen LogP contribution in [0, 0.1) is 5.82 Å². The number of rotatable bonds is 7. The van der Waals surface area contributed by atoms with Gasteiger partial charge in [0, 0.05) is 38.7 Å². The van der Waals surface area contributed by atoms with E-state index < -0.39 is 12.0 Å². The molecule has 0 N–H and O–H groups in total. The topological polar surface area (TPSA) is 65.6 Å². The number of benzene rings is 3. The van der Waals surface area contributed by atoms with E-state index in [2.05, 4.69) is 0 Å². The predicted molar refractivity (Wildman–Crippen MR) is 173 cm³/mol. The molecule has 4 heterocycles. The summed E-state index contributed by atoms with van der Waals surface area (Å²) in [5, 5.41) is 2.88. The fraction of sp³-hybridized carbons (Fsp3) is 0.114. The number of hydrogen-bond donors (Lipinski definition) is 0. The first-order valence-corrected chi connectivity index (χ1v) is 15.9. The van der Waals surface area contributed by atoms with Gasteiger partial charge >= 0.3 is 5.97 Å². The summed E-state index contributed by atoms with van der Waals surface area (Å²) >= 11 is 2.76. The van der Waals surface area contributed by atoms with Crippen molar-refractivity contribution in [2.75, 3.05) is 6.61 Å². The van der Waals surface area contributed by atoms with Crippen LogP contribution in [0.15, 0.2) is 118 Å². The molecule has 3 aromatic heterocycles. The van der Waals surface area contributed by atoms with Crippen molar-refractivity contribution in [3.8, 4) is 0 Å². The molecule has 1 aliphatic heterocycles. The zero-order chi connectivity index (χ0) is 30.2. The van der Waals surface area contributed by atoms with E-state index in [1.165, 1.54) is 28.7 Å². The highest BCUT2D eigenvalue weighted by atomic mass is 32.1. The first kappa shape index (κ1) is 27.9. The first-order valence-electron chi connectivity index (χ1n) is 14.2. The monoisotopic (exact) mass is 619 g/mol. The van der Waals surface area contributed by atoms with E-state index in [0.29, 0.717) is 32.7 Å². The van der Waals surface area contributed by atoms with Crippen LogP contribution in [0.4, 0.5) is 4.39 Å². The smallest absolute Gasteiger partial charge is 0.338 e. The molecule has 7 rings (SSSR count). The zero-order valence-corrected chi connectivity index (χ0v) is 25.3. The third-order valence-electron chi connectivity index (χ3n) is 7.59. The predicted octanol–water partition coefficient (Wildman–Crippen LogP) is 6.14. The Morgan fingerprint density at radius 2 is 1.77 bits per heavy atom. The number of thiazole rings is 1. The van der Waals surface area contributed by atoms with Crippen LogP contribution in [0.3, 0.4) is 0 Å². The van der Waals surface area contributed by atoms with Gasteiger partial charge in [0.15, 0.2) is 4.80 Å². The summed E-state index contributed by atoms with van der Waals surface area (Å²) in [6, 6.07) is 27.3. The van der Waals surface area contributed by atoms with Crippen molar-refractivity contribution in [3.63, 3.8) is 0 Å². The number of aromatic nitrogens is 2. The van der Waals surface area contributed by atoms with Gasteiger partial charge in [-0.3, -0.25) is 9.36 Å². The third-order valence-corrected chi connectivity index (χ3v) is 9.50. The van der Waals surface area contributed by atoms with Crippen LogP contribution in [0.5, 0.6) is 0 Å². The Balaban J connectivity index is 1.44. The van der Waals surface area contributed by atoms with Gasteiger partial charge in [0.1, 0.15) is 11.9 Å². The lowest BCUT2D eigenvalue weighted by molar-refractivity contribution is -0.138. The molecule has 0 radical (unpaired) electrons. The molecule has 1 aliphatic rings. The summed E-state index contributed by atoms with van der Waals surface area (Å²) in [6.07, 6.45) is 3.82. The normalized spacial score (nSPS) is 15.0. The minimum absolute atomic E-state index is 0.197. The standard InChI is InChI=1S/C35H26FN3O3S2/c1-2-42-34(41)30-31(22-11-4-3-5-12-22)37-35-39(32(30)28-17-10-18-43-28)33(40)29(44-35)19-24-21-38(27-16-9-7-14-25(24)27)20-23-13-6-8-15-26(23)36/h3-19,21,32H,2,20H2,1H3. The molecule has 0 amide bonds. The van der Waals surface area contributed by atoms with Crippen molar-refractivity contribution in [3.05, 3.63) is 155 Å². The maximum Gasteiger partial charge on any atom is 0.338 e. The van der Waals surface area contributed by atoms with Gasteiger partial charge < -0.3 is 9.30 Å². The van der Waals surface area contributed by atoms with Crippen LogP contribution in [-0.2, 0) is 16.1 Å². The highest BCUT2D eigenvalue weighted by molar-refractivity contribution is 7.10. The lowest BCUT2D eigenvalue weighted by Crippen LogP contribution is -2.39. The fourth-order valence-electron chi connectivity index (χ4n) is 5.63. The lowest BCUT2D eigenvalue weighted by atomic mass is 9.97. The largest absolute Gasteiger partial charge is 0.463 e. The number of esters is 1. The molecule has 6 aromatic rings. The number of para-hydroxylation sites is 1. The van der Waals surface area contributed by atoms with E-state index in [9.17, 15) is 14.0 Å². The minimum atomic E-state index is -0.690. The van der Waals surface area contributed by atoms with E-state index in [-0.39, 0.29) is 18.0 Å². The second-order valence-corrected chi connectivity index (χ2v) is 12.3. The average Bonchev–Trinajstić information content (AvgIpc) is 3.77. The second kappa shape index (κ2) is 11.7. The quantitative estimate of drug-likeness (QED) is 0.202. The van der Waals surface area contributed by atoms with E-state index in [4.69, 9.17) is 9.73 Å². The minimum Gasteiger partial charge on any atom is -0.463 e. The summed E-state index contributed by atoms with van der Waals surface area (Å²) in [4.78, 5) is 34.0. The molecule has 0 spiro atoms. The number of fused-ring (bicyclic) bond motifs is 2. The van der Waals surface area contributed by atoms with Crippen molar-refractivity contribution in [2.45, 2.75) is 19.5 Å². The molecule has 0 saturated heterocycles. The summed E-state index contributed by atoms with van der Waals surface area (Å²) in [5.41, 5.74) is 3.70. The zero-order valence-electron chi connectivity index (χ0n) is 23.6. The molecule has 1 atom stereocenters. The van der Waals surface area contributed by atoms with E-state index in [1.54, 1.807) is 23.6 Å². The number of carbonyl (C=O) groups excluding carboxylic acids is 1. The molecule has 9 heteroatoms. The van der Waals surface area contributed by atoms with E-state index in [0.717, 1.165) is 26.9 Å². The Morgan fingerprint density at radius 1 is 1.00 bits per heavy atom. The summed E-state index contributed by atoms with van der Waals surface area (Å²) in [6.45, 7) is 2.31. The van der Waals surface area contributed by atoms with Crippen molar-refractivity contribution in [1.82, 2.24) is 9.13 Å². The van der Waals surface area contributed by atoms with Gasteiger partial charge in [-0.1, -0.05) is 84.1 Å². The SMILES string of the molecule is CCOC(=O)C1=C(c2ccccc2)N=c2sc(=Cc3cn(Cc4ccccc4F)c4ccccc34)c(=O)n2C1c1cccs1. The van der Waals surface area contributed by atoms with Crippen LogP contribution in [-0.4, -0.2) is 21.7 Å². The van der Waals surface area contributed by atoms with Crippen molar-refractivity contribution >= 4 is 51.3 Å². The maximum absolute atomic E-state index is 14.5. The Morgan fingerprint density at radius 3 is 2.55 bits per heavy atom. The molecule has 0 saturated carbocycles. The molecule has 0 aliphatic carbocycles. The second-order valence-electron chi connectivity index (χ2n) is 10.3. The van der Waals surface area contributed by atoms with Gasteiger partial charge in [0.2, 0.25) is 0 Å². The van der Waals surface area contributed by atoms with Gasteiger partial charge in [-0.2, -0.15) is 0 Å². The number of hydrogen-bond acceptors (Lipinski definition) is 6. The van der Waals surface area contributed by atoms with Gasteiger partial charge in [-0.25, -0.2) is 14.2 Å². The van der Waals surface area contributed by atoms with Crippen LogP contribution in [0.1, 0.15) is 34.5 Å². The number of nitrogens with zero attached hydrogens (tertiary/aromatic N) is 3. The molecule has 3 aromatic carbocycles. The van der Waals surface area contributed by atoms with Crippen LogP contribution in [0.25, 0.3) is 22.7 Å². The Hall–Kier alpha value is -4.86. The number of carbonyl (C=O) groups is 1. The summed E-state index contributed by atoms with van der Waals surface area (Å²) in [7, 11) is 0. The first-order chi connectivity index (χ1) is 21.5. The van der Waals surface area contributed by atoms with Gasteiger partial charge in [0.05, 0.1) is 29.0 Å². The molecule has 0 bridgehead atoms. The number of thiophene rings is 1. The molecule has 6 nitrogen and oxygen atoms in total. The maximum atomic E-state index is 14.5. The van der Waals surface area contributed by atoms with Gasteiger partial charge in [-0.15, -0.1) is 11.3 Å². The summed E-state index contributed by atoms with van der Waals surface area (Å²) in [5.74, 6) is -0.765. The van der Waals surface area contributed by atoms with Gasteiger partial charge in [-0.05, 0) is 36.6 Å². The van der Waals surface area contributed by atoms with Crippen molar-refractivity contribution < 1.29 is 13.9 Å². The lowest BCUT2D eigenvalue weighted by Gasteiger charge is -2.24. The molecular weight excluding hydrogens is 594 g/mol. The Bertz CT molecular complexity index is 2230. The van der Waals surface area contributed by atoms with Crippen LogP contribution < -0.4 is 14.9 Å². The number of halogens is 1. The third kappa shape index (κ3) is 4.94. The van der Waals surface area contributed by atoms with E-state index in [1.807, 2.05) is 95.0 Å².